The normalized spacial score (nSPS) is 10.1. The van der Waals surface area contributed by atoms with Crippen LogP contribution >= 0.6 is 0 Å². The van der Waals surface area contributed by atoms with E-state index in [0.29, 0.717) is 12.2 Å². The quantitative estimate of drug-likeness (QED) is 0.838. The first-order chi connectivity index (χ1) is 7.81. The number of rotatable bonds is 3. The van der Waals surface area contributed by atoms with Crippen LogP contribution in [-0.2, 0) is 6.54 Å². The Morgan fingerprint density at radius 1 is 1.44 bits per heavy atom. The van der Waals surface area contributed by atoms with Gasteiger partial charge in [-0.25, -0.2) is 0 Å². The van der Waals surface area contributed by atoms with Gasteiger partial charge in [-0.2, -0.15) is 0 Å². The van der Waals surface area contributed by atoms with Crippen molar-refractivity contribution in [3.63, 3.8) is 0 Å². The average Bonchev–Trinajstić information content (AvgIpc) is 2.77. The zero-order valence-corrected chi connectivity index (χ0v) is 9.05. The largest absolute Gasteiger partial charge is 0.354 e. The van der Waals surface area contributed by atoms with Crippen LogP contribution in [-0.4, -0.2) is 22.5 Å². The summed E-state index contributed by atoms with van der Waals surface area (Å²) in [5, 5.41) is 2.62. The van der Waals surface area contributed by atoms with Crippen molar-refractivity contribution in [1.29, 1.82) is 0 Å². The van der Waals surface area contributed by atoms with E-state index >= 15 is 0 Å². The summed E-state index contributed by atoms with van der Waals surface area (Å²) in [6, 6.07) is 7.54. The monoisotopic (exact) mass is 215 g/mol. The van der Waals surface area contributed by atoms with Gasteiger partial charge in [0.25, 0.3) is 5.91 Å². The van der Waals surface area contributed by atoms with Crippen LogP contribution in [0.1, 0.15) is 16.1 Å². The van der Waals surface area contributed by atoms with Crippen molar-refractivity contribution in [2.75, 3.05) is 7.05 Å². The summed E-state index contributed by atoms with van der Waals surface area (Å²) in [7, 11) is 1.63. The fourth-order valence-electron chi connectivity index (χ4n) is 1.57. The lowest BCUT2D eigenvalue weighted by Gasteiger charge is -2.07. The fraction of sp³-hybridized carbons (Fsp3) is 0.167. The Balaban J connectivity index is 2.22. The number of nitrogens with zero attached hydrogens (tertiary/aromatic N) is 2. The third-order valence-corrected chi connectivity index (χ3v) is 2.36. The molecule has 4 heteroatoms. The average molecular weight is 215 g/mol. The Kier molecular flexibility index (Phi) is 3.00. The second kappa shape index (κ2) is 4.61. The van der Waals surface area contributed by atoms with Gasteiger partial charge >= 0.3 is 0 Å². The van der Waals surface area contributed by atoms with Crippen molar-refractivity contribution in [1.82, 2.24) is 14.9 Å². The third-order valence-electron chi connectivity index (χ3n) is 2.36. The van der Waals surface area contributed by atoms with Crippen LogP contribution in [0.4, 0.5) is 0 Å². The number of aromatic nitrogens is 2. The number of amides is 1. The third kappa shape index (κ3) is 2.11. The van der Waals surface area contributed by atoms with E-state index in [-0.39, 0.29) is 5.91 Å². The molecule has 0 bridgehead atoms. The molecule has 0 saturated carbocycles. The SMILES string of the molecule is CNC(=O)c1cccn1Cc1cccnc1. The molecule has 0 fully saturated rings. The Hall–Kier alpha value is -2.10. The standard InChI is InChI=1S/C12H13N3O/c1-13-12(16)11-5-3-7-15(11)9-10-4-2-6-14-8-10/h2-8H,9H2,1H3,(H,13,16). The second-order valence-electron chi connectivity index (χ2n) is 3.46. The first-order valence-corrected chi connectivity index (χ1v) is 5.07. The molecule has 0 aromatic carbocycles. The van der Waals surface area contributed by atoms with E-state index < -0.39 is 0 Å². The molecular weight excluding hydrogens is 202 g/mol. The minimum absolute atomic E-state index is 0.0751. The summed E-state index contributed by atoms with van der Waals surface area (Å²) in [5.41, 5.74) is 1.73. The van der Waals surface area contributed by atoms with Crippen LogP contribution in [0, 0.1) is 0 Å². The van der Waals surface area contributed by atoms with Crippen LogP contribution in [0.5, 0.6) is 0 Å². The number of pyridine rings is 1. The van der Waals surface area contributed by atoms with Crippen molar-refractivity contribution >= 4 is 5.91 Å². The van der Waals surface area contributed by atoms with Crippen molar-refractivity contribution in [3.05, 3.63) is 54.1 Å². The molecule has 2 heterocycles. The van der Waals surface area contributed by atoms with Gasteiger partial charge in [0.05, 0.1) is 0 Å². The van der Waals surface area contributed by atoms with Crippen molar-refractivity contribution in [2.45, 2.75) is 6.54 Å². The Morgan fingerprint density at radius 3 is 3.00 bits per heavy atom. The number of nitrogens with one attached hydrogen (secondary N) is 1. The van der Waals surface area contributed by atoms with Gasteiger partial charge in [-0.15, -0.1) is 0 Å². The van der Waals surface area contributed by atoms with Gasteiger partial charge in [-0.3, -0.25) is 9.78 Å². The molecule has 2 aromatic rings. The molecule has 0 aliphatic carbocycles. The van der Waals surface area contributed by atoms with E-state index in [9.17, 15) is 4.79 Å². The maximum atomic E-state index is 11.5. The molecule has 16 heavy (non-hydrogen) atoms. The molecule has 0 atom stereocenters. The highest BCUT2D eigenvalue weighted by Gasteiger charge is 2.08. The second-order valence-corrected chi connectivity index (χ2v) is 3.46. The number of hydrogen-bond donors (Lipinski definition) is 1. The molecule has 0 unspecified atom stereocenters. The number of hydrogen-bond acceptors (Lipinski definition) is 2. The Bertz CT molecular complexity index is 476. The van der Waals surface area contributed by atoms with Crippen LogP contribution in [0.2, 0.25) is 0 Å². The summed E-state index contributed by atoms with van der Waals surface area (Å²) in [5.74, 6) is -0.0751. The van der Waals surface area contributed by atoms with E-state index in [0.717, 1.165) is 5.56 Å². The van der Waals surface area contributed by atoms with Crippen LogP contribution in [0.3, 0.4) is 0 Å². The Morgan fingerprint density at radius 2 is 2.31 bits per heavy atom. The van der Waals surface area contributed by atoms with Crippen molar-refractivity contribution in [3.8, 4) is 0 Å². The summed E-state index contributed by atoms with van der Waals surface area (Å²) < 4.78 is 1.90. The fourth-order valence-corrected chi connectivity index (χ4v) is 1.57. The molecule has 0 spiro atoms. The molecule has 2 aromatic heterocycles. The predicted octanol–water partition coefficient (Wildman–Crippen LogP) is 1.29. The van der Waals surface area contributed by atoms with Gasteiger partial charge in [0.1, 0.15) is 5.69 Å². The molecule has 0 aliphatic rings. The van der Waals surface area contributed by atoms with Crippen molar-refractivity contribution < 1.29 is 4.79 Å². The lowest BCUT2D eigenvalue weighted by Crippen LogP contribution is -2.21. The predicted molar refractivity (Wildman–Crippen MR) is 61.2 cm³/mol. The van der Waals surface area contributed by atoms with Gasteiger partial charge in [0.2, 0.25) is 0 Å². The van der Waals surface area contributed by atoms with Crippen LogP contribution in [0.15, 0.2) is 42.9 Å². The first kappa shape index (κ1) is 10.4. The van der Waals surface area contributed by atoms with E-state index in [1.54, 1.807) is 25.5 Å². The van der Waals surface area contributed by atoms with E-state index in [2.05, 4.69) is 10.3 Å². The van der Waals surface area contributed by atoms with Gasteiger partial charge in [-0.05, 0) is 23.8 Å². The molecule has 82 valence electrons. The topological polar surface area (TPSA) is 46.9 Å². The first-order valence-electron chi connectivity index (χ1n) is 5.07. The molecule has 4 nitrogen and oxygen atoms in total. The maximum absolute atomic E-state index is 11.5. The van der Waals surface area contributed by atoms with Gasteiger partial charge in [0.15, 0.2) is 0 Å². The maximum Gasteiger partial charge on any atom is 0.267 e. The molecular formula is C12H13N3O. The van der Waals surface area contributed by atoms with E-state index in [1.807, 2.05) is 29.0 Å². The summed E-state index contributed by atoms with van der Waals surface area (Å²) in [6.45, 7) is 0.656. The van der Waals surface area contributed by atoms with E-state index in [4.69, 9.17) is 0 Å². The van der Waals surface area contributed by atoms with Crippen LogP contribution in [0.25, 0.3) is 0 Å². The van der Waals surface area contributed by atoms with Crippen LogP contribution < -0.4 is 5.32 Å². The Labute approximate surface area is 93.9 Å². The molecule has 1 amide bonds. The lowest BCUT2D eigenvalue weighted by atomic mass is 10.3. The van der Waals surface area contributed by atoms with Crippen molar-refractivity contribution in [2.24, 2.45) is 0 Å². The summed E-state index contributed by atoms with van der Waals surface area (Å²) in [4.78, 5) is 15.6. The van der Waals surface area contributed by atoms with Gasteiger partial charge in [0, 0.05) is 32.2 Å². The smallest absolute Gasteiger partial charge is 0.267 e. The highest BCUT2D eigenvalue weighted by atomic mass is 16.1. The summed E-state index contributed by atoms with van der Waals surface area (Å²) in [6.07, 6.45) is 5.42. The highest BCUT2D eigenvalue weighted by molar-refractivity contribution is 5.92. The van der Waals surface area contributed by atoms with E-state index in [1.165, 1.54) is 0 Å². The lowest BCUT2D eigenvalue weighted by molar-refractivity contribution is 0.0954. The summed E-state index contributed by atoms with van der Waals surface area (Å²) >= 11 is 0. The zero-order chi connectivity index (χ0) is 11.4. The minimum Gasteiger partial charge on any atom is -0.354 e. The molecule has 0 saturated heterocycles. The molecule has 0 aliphatic heterocycles. The highest BCUT2D eigenvalue weighted by Crippen LogP contribution is 2.06. The van der Waals surface area contributed by atoms with Gasteiger partial charge < -0.3 is 9.88 Å². The molecule has 2 rings (SSSR count). The molecule has 1 N–H and O–H groups in total. The van der Waals surface area contributed by atoms with Gasteiger partial charge in [-0.1, -0.05) is 6.07 Å². The molecule has 0 radical (unpaired) electrons. The number of carbonyl (C=O) groups excluding carboxylic acids is 1. The number of carbonyl (C=O) groups is 1. The minimum atomic E-state index is -0.0751. The zero-order valence-electron chi connectivity index (χ0n) is 9.05.